The Morgan fingerprint density at radius 3 is 2.47 bits per heavy atom. The van der Waals surface area contributed by atoms with Gasteiger partial charge in [-0.05, 0) is 24.7 Å². The maximum Gasteiger partial charge on any atom is 0.0589 e. The molecule has 1 saturated carbocycles. The number of ether oxygens (including phenoxy) is 1. The maximum atomic E-state index is 5.17. The molecule has 0 radical (unpaired) electrons. The summed E-state index contributed by atoms with van der Waals surface area (Å²) in [6.07, 6.45) is 2.77. The number of nitrogens with zero attached hydrogens (tertiary/aromatic N) is 1. The molecule has 1 rings (SSSR count). The number of hydrogen-bond acceptors (Lipinski definition) is 2. The van der Waals surface area contributed by atoms with Crippen molar-refractivity contribution in [2.24, 2.45) is 11.8 Å². The van der Waals surface area contributed by atoms with E-state index in [9.17, 15) is 0 Å². The molecule has 1 fully saturated rings. The van der Waals surface area contributed by atoms with Crippen molar-refractivity contribution in [3.05, 3.63) is 0 Å². The van der Waals surface area contributed by atoms with E-state index in [0.29, 0.717) is 0 Å². The molecule has 2 nitrogen and oxygen atoms in total. The van der Waals surface area contributed by atoms with Gasteiger partial charge in [-0.2, -0.15) is 0 Å². The van der Waals surface area contributed by atoms with Crippen LogP contribution < -0.4 is 0 Å². The van der Waals surface area contributed by atoms with Crippen molar-refractivity contribution >= 4 is 15.9 Å². The molecule has 0 aromatic rings. The number of hydrogen-bond donors (Lipinski definition) is 0. The molecule has 0 amide bonds. The van der Waals surface area contributed by atoms with Gasteiger partial charge in [-0.3, -0.25) is 4.90 Å². The van der Waals surface area contributed by atoms with Crippen molar-refractivity contribution < 1.29 is 4.74 Å². The largest absolute Gasteiger partial charge is 0.383 e. The van der Waals surface area contributed by atoms with E-state index < -0.39 is 0 Å². The number of halogens is 1. The molecule has 0 heterocycles. The molecule has 1 unspecified atom stereocenters. The van der Waals surface area contributed by atoms with E-state index in [2.05, 4.69) is 34.7 Å². The molecule has 0 spiro atoms. The Morgan fingerprint density at radius 2 is 2.07 bits per heavy atom. The summed E-state index contributed by atoms with van der Waals surface area (Å²) in [5, 5.41) is 1.11. The van der Waals surface area contributed by atoms with Crippen molar-refractivity contribution in [2.75, 3.05) is 32.1 Å². The van der Waals surface area contributed by atoms with E-state index >= 15 is 0 Å². The Bertz CT molecular complexity index is 171. The predicted octanol–water partition coefficient (Wildman–Crippen LogP) is 2.76. The van der Waals surface area contributed by atoms with Gasteiger partial charge >= 0.3 is 0 Å². The SMILES string of the molecule is COCCN(CC(CBr)C(C)C)C1CC1. The molecule has 1 aliphatic rings. The van der Waals surface area contributed by atoms with Crippen LogP contribution in [0.15, 0.2) is 0 Å². The predicted molar refractivity (Wildman–Crippen MR) is 68.6 cm³/mol. The summed E-state index contributed by atoms with van der Waals surface area (Å²) in [4.78, 5) is 2.61. The third-order valence-electron chi connectivity index (χ3n) is 3.26. The summed E-state index contributed by atoms with van der Waals surface area (Å²) in [5.74, 6) is 1.52. The van der Waals surface area contributed by atoms with Crippen molar-refractivity contribution in [1.82, 2.24) is 4.90 Å². The van der Waals surface area contributed by atoms with Crippen molar-refractivity contribution in [3.63, 3.8) is 0 Å². The average Bonchev–Trinajstić information content (AvgIpc) is 3.01. The fraction of sp³-hybridized carbons (Fsp3) is 1.00. The van der Waals surface area contributed by atoms with E-state index in [4.69, 9.17) is 4.74 Å². The highest BCUT2D eigenvalue weighted by Crippen LogP contribution is 2.28. The molecule has 0 N–H and O–H groups in total. The third kappa shape index (κ3) is 4.83. The molecule has 0 bridgehead atoms. The molecule has 15 heavy (non-hydrogen) atoms. The molecule has 0 aromatic heterocycles. The zero-order valence-corrected chi connectivity index (χ0v) is 11.8. The first-order valence-electron chi connectivity index (χ1n) is 5.98. The number of methoxy groups -OCH3 is 1. The third-order valence-corrected chi connectivity index (χ3v) is 4.09. The summed E-state index contributed by atoms with van der Waals surface area (Å²) in [6.45, 7) is 7.80. The lowest BCUT2D eigenvalue weighted by Crippen LogP contribution is -2.36. The van der Waals surface area contributed by atoms with Gasteiger partial charge in [0, 0.05) is 31.6 Å². The Balaban J connectivity index is 2.34. The Morgan fingerprint density at radius 1 is 1.40 bits per heavy atom. The standard InChI is InChI=1S/C12H24BrNO/c1-10(2)11(8-13)9-14(6-7-15-3)12-4-5-12/h10-12H,4-9H2,1-3H3. The van der Waals surface area contributed by atoms with Crippen LogP contribution in [-0.2, 0) is 4.74 Å². The van der Waals surface area contributed by atoms with Crippen LogP contribution in [0.3, 0.4) is 0 Å². The van der Waals surface area contributed by atoms with Gasteiger partial charge in [0.15, 0.2) is 0 Å². The van der Waals surface area contributed by atoms with Crippen LogP contribution in [-0.4, -0.2) is 43.1 Å². The second kappa shape index (κ2) is 6.87. The van der Waals surface area contributed by atoms with Crippen molar-refractivity contribution in [1.29, 1.82) is 0 Å². The van der Waals surface area contributed by atoms with Crippen LogP contribution in [0, 0.1) is 11.8 Å². The van der Waals surface area contributed by atoms with E-state index in [1.807, 2.05) is 0 Å². The van der Waals surface area contributed by atoms with E-state index in [1.165, 1.54) is 19.4 Å². The Hall–Kier alpha value is 0.400. The molecule has 1 atom stereocenters. The van der Waals surface area contributed by atoms with Crippen LogP contribution in [0.4, 0.5) is 0 Å². The first-order chi connectivity index (χ1) is 7.19. The molecular formula is C12H24BrNO. The summed E-state index contributed by atoms with van der Waals surface area (Å²) >= 11 is 3.62. The zero-order chi connectivity index (χ0) is 11.3. The van der Waals surface area contributed by atoms with Gasteiger partial charge in [0.05, 0.1) is 6.61 Å². The van der Waals surface area contributed by atoms with Gasteiger partial charge in [0.1, 0.15) is 0 Å². The lowest BCUT2D eigenvalue weighted by molar-refractivity contribution is 0.128. The minimum atomic E-state index is 0.758. The van der Waals surface area contributed by atoms with E-state index in [0.717, 1.165) is 36.4 Å². The van der Waals surface area contributed by atoms with Crippen LogP contribution in [0.1, 0.15) is 26.7 Å². The van der Waals surface area contributed by atoms with Crippen LogP contribution in [0.2, 0.25) is 0 Å². The molecule has 0 saturated heterocycles. The van der Waals surface area contributed by atoms with E-state index in [-0.39, 0.29) is 0 Å². The summed E-state index contributed by atoms with van der Waals surface area (Å²) in [7, 11) is 1.79. The van der Waals surface area contributed by atoms with Gasteiger partial charge in [-0.1, -0.05) is 29.8 Å². The molecule has 0 aliphatic heterocycles. The summed E-state index contributed by atoms with van der Waals surface area (Å²) in [5.41, 5.74) is 0. The second-order valence-electron chi connectivity index (χ2n) is 4.88. The molecule has 1 aliphatic carbocycles. The zero-order valence-electron chi connectivity index (χ0n) is 10.2. The number of rotatable bonds is 8. The molecular weight excluding hydrogens is 254 g/mol. The minimum absolute atomic E-state index is 0.758. The first kappa shape index (κ1) is 13.5. The van der Waals surface area contributed by atoms with Crippen molar-refractivity contribution in [2.45, 2.75) is 32.7 Å². The normalized spacial score (nSPS) is 18.8. The lowest BCUT2D eigenvalue weighted by Gasteiger charge is -2.28. The maximum absolute atomic E-state index is 5.17. The lowest BCUT2D eigenvalue weighted by atomic mass is 9.97. The molecule has 90 valence electrons. The Kier molecular flexibility index (Phi) is 6.17. The highest BCUT2D eigenvalue weighted by molar-refractivity contribution is 9.09. The Labute approximate surface area is 102 Å². The van der Waals surface area contributed by atoms with Crippen LogP contribution >= 0.6 is 15.9 Å². The van der Waals surface area contributed by atoms with Gasteiger partial charge < -0.3 is 4.74 Å². The van der Waals surface area contributed by atoms with Crippen molar-refractivity contribution in [3.8, 4) is 0 Å². The van der Waals surface area contributed by atoms with Gasteiger partial charge in [-0.15, -0.1) is 0 Å². The topological polar surface area (TPSA) is 12.5 Å². The van der Waals surface area contributed by atoms with Crippen LogP contribution in [0.5, 0.6) is 0 Å². The summed E-state index contributed by atoms with van der Waals surface area (Å²) < 4.78 is 5.17. The quantitative estimate of drug-likeness (QED) is 0.633. The fourth-order valence-corrected chi connectivity index (χ4v) is 2.76. The molecule has 0 aromatic carbocycles. The highest BCUT2D eigenvalue weighted by atomic mass is 79.9. The minimum Gasteiger partial charge on any atom is -0.383 e. The van der Waals surface area contributed by atoms with Gasteiger partial charge in [0.25, 0.3) is 0 Å². The highest BCUT2D eigenvalue weighted by Gasteiger charge is 2.30. The van der Waals surface area contributed by atoms with Gasteiger partial charge in [0.2, 0.25) is 0 Å². The fourth-order valence-electron chi connectivity index (χ4n) is 1.81. The summed E-state index contributed by atoms with van der Waals surface area (Å²) in [6, 6.07) is 0.848. The van der Waals surface area contributed by atoms with Crippen LogP contribution in [0.25, 0.3) is 0 Å². The van der Waals surface area contributed by atoms with Gasteiger partial charge in [-0.25, -0.2) is 0 Å². The number of alkyl halides is 1. The smallest absolute Gasteiger partial charge is 0.0589 e. The second-order valence-corrected chi connectivity index (χ2v) is 5.52. The first-order valence-corrected chi connectivity index (χ1v) is 7.10. The monoisotopic (exact) mass is 277 g/mol. The van der Waals surface area contributed by atoms with E-state index in [1.54, 1.807) is 7.11 Å². The average molecular weight is 278 g/mol. The molecule has 3 heteroatoms.